The second-order valence-electron chi connectivity index (χ2n) is 6.65. The van der Waals surface area contributed by atoms with E-state index in [1.165, 1.54) is 23.1 Å². The first-order valence-corrected chi connectivity index (χ1v) is 9.81. The molecule has 0 spiro atoms. The van der Waals surface area contributed by atoms with Crippen LogP contribution in [0.2, 0.25) is 0 Å². The quantitative estimate of drug-likeness (QED) is 0.480. The predicted octanol–water partition coefficient (Wildman–Crippen LogP) is 3.86. The molecule has 3 heterocycles. The first kappa shape index (κ1) is 17.3. The number of amides is 1. The molecule has 2 N–H and O–H groups in total. The van der Waals surface area contributed by atoms with E-state index in [-0.39, 0.29) is 17.0 Å². The van der Waals surface area contributed by atoms with Gasteiger partial charge in [-0.2, -0.15) is 5.10 Å². The van der Waals surface area contributed by atoms with Crippen molar-refractivity contribution in [1.82, 2.24) is 19.6 Å². The van der Waals surface area contributed by atoms with Gasteiger partial charge in [0.25, 0.3) is 11.5 Å². The molecule has 0 unspecified atom stereocenters. The zero-order chi connectivity index (χ0) is 20.0. The Labute approximate surface area is 168 Å². The molecule has 5 aromatic rings. The number of fused-ring (bicyclic) bond motifs is 3. The molecule has 0 radical (unpaired) electrons. The van der Waals surface area contributed by atoms with E-state index in [2.05, 4.69) is 20.4 Å². The molecule has 3 aromatic heterocycles. The highest BCUT2D eigenvalue weighted by Gasteiger charge is 2.17. The van der Waals surface area contributed by atoms with Gasteiger partial charge in [-0.05, 0) is 19.1 Å². The molecule has 0 atom stereocenters. The van der Waals surface area contributed by atoms with Crippen molar-refractivity contribution in [2.24, 2.45) is 0 Å². The molecule has 7 nitrogen and oxygen atoms in total. The number of benzene rings is 2. The fraction of sp³-hybridized carbons (Fsp3) is 0.0476. The lowest BCUT2D eigenvalue weighted by molar-refractivity contribution is 0.102. The highest BCUT2D eigenvalue weighted by molar-refractivity contribution is 7.14. The smallest absolute Gasteiger partial charge is 0.262 e. The van der Waals surface area contributed by atoms with Crippen LogP contribution in [-0.4, -0.2) is 25.5 Å². The fourth-order valence-corrected chi connectivity index (χ4v) is 3.91. The Bertz CT molecular complexity index is 1430. The van der Waals surface area contributed by atoms with Crippen molar-refractivity contribution in [2.75, 3.05) is 5.32 Å². The van der Waals surface area contributed by atoms with Crippen LogP contribution < -0.4 is 10.9 Å². The van der Waals surface area contributed by atoms with E-state index in [4.69, 9.17) is 0 Å². The van der Waals surface area contributed by atoms with E-state index in [0.717, 1.165) is 11.3 Å². The summed E-state index contributed by atoms with van der Waals surface area (Å²) in [4.78, 5) is 32.4. The summed E-state index contributed by atoms with van der Waals surface area (Å²) in [5.41, 5.74) is 3.96. The first-order valence-electron chi connectivity index (χ1n) is 8.93. The van der Waals surface area contributed by atoms with Crippen LogP contribution in [0.3, 0.4) is 0 Å². The number of para-hydroxylation sites is 1. The number of hydrogen-bond acceptors (Lipinski definition) is 5. The van der Waals surface area contributed by atoms with Gasteiger partial charge in [0.05, 0.1) is 22.8 Å². The van der Waals surface area contributed by atoms with Gasteiger partial charge >= 0.3 is 0 Å². The van der Waals surface area contributed by atoms with Crippen LogP contribution in [0.15, 0.2) is 64.9 Å². The number of nitrogens with zero attached hydrogens (tertiary/aromatic N) is 3. The number of carbonyl (C=O) groups excluding carboxylic acids is 1. The minimum Gasteiger partial charge on any atom is -0.306 e. The van der Waals surface area contributed by atoms with Crippen molar-refractivity contribution < 1.29 is 4.79 Å². The van der Waals surface area contributed by atoms with E-state index in [0.29, 0.717) is 21.7 Å². The number of rotatable bonds is 3. The molecule has 0 saturated heterocycles. The summed E-state index contributed by atoms with van der Waals surface area (Å²) in [6.45, 7) is 2.03. The zero-order valence-corrected chi connectivity index (χ0v) is 16.2. The molecular weight excluding hydrogens is 386 g/mol. The van der Waals surface area contributed by atoms with Crippen LogP contribution >= 0.6 is 11.3 Å². The van der Waals surface area contributed by atoms with Gasteiger partial charge in [-0.3, -0.25) is 14.9 Å². The van der Waals surface area contributed by atoms with Gasteiger partial charge < -0.3 is 4.98 Å². The summed E-state index contributed by atoms with van der Waals surface area (Å²) in [6.07, 6.45) is 1.45. The van der Waals surface area contributed by atoms with Crippen LogP contribution in [0.1, 0.15) is 15.9 Å². The number of aryl methyl sites for hydroxylation is 1. The lowest BCUT2D eigenvalue weighted by Crippen LogP contribution is -2.15. The molecule has 1 amide bonds. The van der Waals surface area contributed by atoms with E-state index in [1.54, 1.807) is 22.7 Å². The number of anilines is 1. The number of carbonyl (C=O) groups is 1. The van der Waals surface area contributed by atoms with E-state index in [9.17, 15) is 9.59 Å². The average Bonchev–Trinajstić information content (AvgIpc) is 3.36. The van der Waals surface area contributed by atoms with E-state index < -0.39 is 0 Å². The van der Waals surface area contributed by atoms with Gasteiger partial charge in [0.15, 0.2) is 5.13 Å². The number of thiazole rings is 1. The minimum absolute atomic E-state index is 0.265. The summed E-state index contributed by atoms with van der Waals surface area (Å²) in [7, 11) is 0. The second kappa shape index (κ2) is 6.68. The number of nitrogens with one attached hydrogen (secondary N) is 2. The normalized spacial score (nSPS) is 11.2. The van der Waals surface area contributed by atoms with Crippen molar-refractivity contribution in [1.29, 1.82) is 0 Å². The Morgan fingerprint density at radius 1 is 1.14 bits per heavy atom. The SMILES string of the molecule is Cc1ccc(-c2csc(NC(=O)c3cnn4c3[nH]c(=O)c3ccccc34)n2)cc1. The zero-order valence-electron chi connectivity index (χ0n) is 15.3. The number of H-pyrrole nitrogens is 1. The summed E-state index contributed by atoms with van der Waals surface area (Å²) >= 11 is 1.34. The molecule has 0 aliphatic heterocycles. The minimum atomic E-state index is -0.379. The Kier molecular flexibility index (Phi) is 3.99. The summed E-state index contributed by atoms with van der Waals surface area (Å²) in [5, 5.41) is 9.97. The largest absolute Gasteiger partial charge is 0.306 e. The van der Waals surface area contributed by atoms with Crippen LogP contribution in [0, 0.1) is 6.92 Å². The highest BCUT2D eigenvalue weighted by atomic mass is 32.1. The van der Waals surface area contributed by atoms with Crippen molar-refractivity contribution in [3.05, 3.63) is 81.6 Å². The summed E-state index contributed by atoms with van der Waals surface area (Å²) < 4.78 is 1.56. The lowest BCUT2D eigenvalue weighted by atomic mass is 10.1. The summed E-state index contributed by atoms with van der Waals surface area (Å²) in [6, 6.07) is 15.2. The van der Waals surface area contributed by atoms with Crippen LogP contribution in [0.4, 0.5) is 5.13 Å². The van der Waals surface area contributed by atoms with E-state index in [1.807, 2.05) is 42.6 Å². The third kappa shape index (κ3) is 2.99. The van der Waals surface area contributed by atoms with Gasteiger partial charge in [0.1, 0.15) is 11.2 Å². The maximum atomic E-state index is 12.8. The number of hydrogen-bond donors (Lipinski definition) is 2. The Hall–Kier alpha value is -3.78. The first-order chi connectivity index (χ1) is 14.1. The Morgan fingerprint density at radius 2 is 1.93 bits per heavy atom. The highest BCUT2D eigenvalue weighted by Crippen LogP contribution is 2.26. The maximum absolute atomic E-state index is 12.8. The topological polar surface area (TPSA) is 92.2 Å². The molecule has 0 aliphatic carbocycles. The van der Waals surface area contributed by atoms with Gasteiger partial charge in [-0.15, -0.1) is 11.3 Å². The molecule has 0 saturated carbocycles. The van der Waals surface area contributed by atoms with Crippen LogP contribution in [-0.2, 0) is 0 Å². The molecule has 0 aliphatic rings. The maximum Gasteiger partial charge on any atom is 0.262 e. The molecule has 0 bridgehead atoms. The molecule has 2 aromatic carbocycles. The predicted molar refractivity (Wildman–Crippen MR) is 114 cm³/mol. The molecular formula is C21H15N5O2S. The van der Waals surface area contributed by atoms with Crippen molar-refractivity contribution >= 4 is 38.9 Å². The second-order valence-corrected chi connectivity index (χ2v) is 7.51. The standard InChI is InChI=1S/C21H15N5O2S/c1-12-6-8-13(9-7-12)16-11-29-21(23-16)25-20(28)15-10-22-26-17-5-3-2-4-14(17)19(27)24-18(15)26/h2-11H,1H3,(H,24,27)(H,23,25,28). The van der Waals surface area contributed by atoms with E-state index >= 15 is 0 Å². The number of aromatic amines is 1. The number of aromatic nitrogens is 4. The lowest BCUT2D eigenvalue weighted by Gasteiger charge is -2.03. The van der Waals surface area contributed by atoms with Crippen LogP contribution in [0.5, 0.6) is 0 Å². The van der Waals surface area contributed by atoms with Crippen molar-refractivity contribution in [2.45, 2.75) is 6.92 Å². The molecule has 0 fully saturated rings. The Morgan fingerprint density at radius 3 is 2.76 bits per heavy atom. The molecule has 5 rings (SSSR count). The third-order valence-corrected chi connectivity index (χ3v) is 5.45. The summed E-state index contributed by atoms with van der Waals surface area (Å²) in [5.74, 6) is -0.379. The Balaban J connectivity index is 1.48. The van der Waals surface area contributed by atoms with Gasteiger partial charge in [-0.25, -0.2) is 9.50 Å². The van der Waals surface area contributed by atoms with Gasteiger partial charge in [0.2, 0.25) is 0 Å². The van der Waals surface area contributed by atoms with Crippen molar-refractivity contribution in [3.63, 3.8) is 0 Å². The van der Waals surface area contributed by atoms with Gasteiger partial charge in [0, 0.05) is 10.9 Å². The van der Waals surface area contributed by atoms with Crippen molar-refractivity contribution in [3.8, 4) is 11.3 Å². The fourth-order valence-electron chi connectivity index (χ4n) is 3.20. The van der Waals surface area contributed by atoms with Crippen LogP contribution in [0.25, 0.3) is 27.8 Å². The molecule has 8 heteroatoms. The third-order valence-electron chi connectivity index (χ3n) is 4.69. The molecule has 142 valence electrons. The molecule has 29 heavy (non-hydrogen) atoms. The van der Waals surface area contributed by atoms with Gasteiger partial charge in [-0.1, -0.05) is 42.0 Å². The average molecular weight is 401 g/mol. The monoisotopic (exact) mass is 401 g/mol.